The molecular weight excluding hydrogens is 403 g/mol. The number of fused-ring (bicyclic) bond motifs is 1. The first-order valence-electron chi connectivity index (χ1n) is 8.51. The quantitative estimate of drug-likeness (QED) is 0.715. The van der Waals surface area contributed by atoms with Crippen molar-refractivity contribution in [1.29, 1.82) is 0 Å². The maximum Gasteiger partial charge on any atom is 0.262 e. The summed E-state index contributed by atoms with van der Waals surface area (Å²) in [5.41, 5.74) is 0.233. The standard InChI is InChI=1S/C20H18Cl2N2O4/c1-20(2,24-18(26)13-5-3-4-6-14(13)19(24)27)11-28-10-17(25)23-16-8-7-12(21)9-15(16)22/h3-9H,10-11H2,1-2H3,(H,23,25). The number of imide groups is 1. The number of amides is 3. The Morgan fingerprint density at radius 3 is 2.25 bits per heavy atom. The van der Waals surface area contributed by atoms with Gasteiger partial charge in [-0.2, -0.15) is 0 Å². The van der Waals surface area contributed by atoms with Crippen LogP contribution in [0.5, 0.6) is 0 Å². The average Bonchev–Trinajstić information content (AvgIpc) is 2.89. The van der Waals surface area contributed by atoms with E-state index in [1.54, 1.807) is 50.2 Å². The number of hydrogen-bond acceptors (Lipinski definition) is 4. The van der Waals surface area contributed by atoms with Gasteiger partial charge in [-0.1, -0.05) is 35.3 Å². The van der Waals surface area contributed by atoms with E-state index in [1.165, 1.54) is 11.0 Å². The van der Waals surface area contributed by atoms with Gasteiger partial charge in [0.2, 0.25) is 5.91 Å². The van der Waals surface area contributed by atoms with Gasteiger partial charge in [-0.05, 0) is 44.2 Å². The molecule has 1 aliphatic heterocycles. The number of hydrogen-bond donors (Lipinski definition) is 1. The van der Waals surface area contributed by atoms with Crippen molar-refractivity contribution in [2.45, 2.75) is 19.4 Å². The van der Waals surface area contributed by atoms with Crippen molar-refractivity contribution in [2.24, 2.45) is 0 Å². The summed E-state index contributed by atoms with van der Waals surface area (Å²) in [4.78, 5) is 38.5. The molecule has 146 valence electrons. The number of carbonyl (C=O) groups excluding carboxylic acids is 3. The van der Waals surface area contributed by atoms with Crippen molar-refractivity contribution in [1.82, 2.24) is 4.90 Å². The summed E-state index contributed by atoms with van der Waals surface area (Å²) in [5.74, 6) is -1.15. The fourth-order valence-corrected chi connectivity index (χ4v) is 3.43. The first kappa shape index (κ1) is 20.3. The molecule has 6 nitrogen and oxygen atoms in total. The van der Waals surface area contributed by atoms with Crippen LogP contribution in [0.15, 0.2) is 42.5 Å². The predicted molar refractivity (Wildman–Crippen MR) is 107 cm³/mol. The largest absolute Gasteiger partial charge is 0.369 e. The summed E-state index contributed by atoms with van der Waals surface area (Å²) in [6.45, 7) is 3.16. The number of benzene rings is 2. The fourth-order valence-electron chi connectivity index (χ4n) is 2.97. The lowest BCUT2D eigenvalue weighted by Gasteiger charge is -2.33. The number of carbonyl (C=O) groups is 3. The molecule has 3 rings (SSSR count). The van der Waals surface area contributed by atoms with Crippen LogP contribution in [-0.2, 0) is 9.53 Å². The van der Waals surface area contributed by atoms with Gasteiger partial charge in [0.05, 0.1) is 34.0 Å². The van der Waals surface area contributed by atoms with Gasteiger partial charge in [0.1, 0.15) is 6.61 Å². The summed E-state index contributed by atoms with van der Waals surface area (Å²) in [6.07, 6.45) is 0. The Morgan fingerprint density at radius 2 is 1.68 bits per heavy atom. The van der Waals surface area contributed by atoms with Gasteiger partial charge in [0, 0.05) is 5.02 Å². The fraction of sp³-hybridized carbons (Fsp3) is 0.250. The molecule has 0 radical (unpaired) electrons. The van der Waals surface area contributed by atoms with E-state index in [2.05, 4.69) is 5.32 Å². The Kier molecular flexibility index (Phi) is 5.74. The number of nitrogens with one attached hydrogen (secondary N) is 1. The second-order valence-electron chi connectivity index (χ2n) is 6.97. The smallest absolute Gasteiger partial charge is 0.262 e. The van der Waals surface area contributed by atoms with E-state index in [-0.39, 0.29) is 25.0 Å². The summed E-state index contributed by atoms with van der Waals surface area (Å²) in [7, 11) is 0. The van der Waals surface area contributed by atoms with Crippen LogP contribution in [0.2, 0.25) is 10.0 Å². The molecule has 0 aliphatic carbocycles. The highest BCUT2D eigenvalue weighted by Crippen LogP contribution is 2.29. The topological polar surface area (TPSA) is 75.7 Å². The number of rotatable bonds is 6. The van der Waals surface area contributed by atoms with E-state index in [4.69, 9.17) is 27.9 Å². The van der Waals surface area contributed by atoms with Gasteiger partial charge in [-0.25, -0.2) is 0 Å². The molecule has 1 heterocycles. The molecule has 0 spiro atoms. The van der Waals surface area contributed by atoms with Crippen LogP contribution in [0.4, 0.5) is 5.69 Å². The van der Waals surface area contributed by atoms with Gasteiger partial charge in [-0.3, -0.25) is 19.3 Å². The van der Waals surface area contributed by atoms with E-state index in [0.29, 0.717) is 26.9 Å². The van der Waals surface area contributed by atoms with E-state index < -0.39 is 11.4 Å². The molecule has 0 saturated heterocycles. The van der Waals surface area contributed by atoms with E-state index >= 15 is 0 Å². The summed E-state index contributed by atoms with van der Waals surface area (Å²) >= 11 is 11.8. The number of ether oxygens (including phenoxy) is 1. The van der Waals surface area contributed by atoms with Crippen molar-refractivity contribution < 1.29 is 19.1 Å². The lowest BCUT2D eigenvalue weighted by molar-refractivity contribution is -0.121. The van der Waals surface area contributed by atoms with Gasteiger partial charge in [0.25, 0.3) is 11.8 Å². The number of nitrogens with zero attached hydrogens (tertiary/aromatic N) is 1. The Labute approximate surface area is 172 Å². The molecular formula is C20H18Cl2N2O4. The van der Waals surface area contributed by atoms with Crippen molar-refractivity contribution in [3.8, 4) is 0 Å². The molecule has 0 fully saturated rings. The van der Waals surface area contributed by atoms with Crippen LogP contribution in [0.25, 0.3) is 0 Å². The van der Waals surface area contributed by atoms with Crippen molar-refractivity contribution in [3.05, 3.63) is 63.6 Å². The monoisotopic (exact) mass is 420 g/mol. The maximum absolute atomic E-state index is 12.6. The minimum absolute atomic E-state index is 0.000237. The van der Waals surface area contributed by atoms with Gasteiger partial charge >= 0.3 is 0 Å². The third-order valence-electron chi connectivity index (χ3n) is 4.29. The normalized spacial score (nSPS) is 13.6. The highest BCUT2D eigenvalue weighted by molar-refractivity contribution is 6.36. The summed E-state index contributed by atoms with van der Waals surface area (Å²) < 4.78 is 5.48. The van der Waals surface area contributed by atoms with Crippen molar-refractivity contribution >= 4 is 46.6 Å². The van der Waals surface area contributed by atoms with Crippen LogP contribution in [0.1, 0.15) is 34.6 Å². The third kappa shape index (κ3) is 4.04. The van der Waals surface area contributed by atoms with Crippen LogP contribution in [0, 0.1) is 0 Å². The molecule has 1 N–H and O–H groups in total. The maximum atomic E-state index is 12.6. The number of halogens is 2. The SMILES string of the molecule is CC(C)(COCC(=O)Nc1ccc(Cl)cc1Cl)N1C(=O)c2ccccc2C1=O. The molecule has 3 amide bonds. The van der Waals surface area contributed by atoms with Crippen LogP contribution in [-0.4, -0.2) is 41.4 Å². The zero-order valence-electron chi connectivity index (χ0n) is 15.3. The second-order valence-corrected chi connectivity index (χ2v) is 7.81. The molecule has 0 atom stereocenters. The Hall–Kier alpha value is -2.41. The Bertz CT molecular complexity index is 924. The summed E-state index contributed by atoms with van der Waals surface area (Å²) in [6, 6.07) is 11.4. The summed E-state index contributed by atoms with van der Waals surface area (Å²) in [5, 5.41) is 3.40. The van der Waals surface area contributed by atoms with Crippen molar-refractivity contribution in [2.75, 3.05) is 18.5 Å². The zero-order valence-corrected chi connectivity index (χ0v) is 16.8. The number of anilines is 1. The van der Waals surface area contributed by atoms with E-state index in [1.807, 2.05) is 0 Å². The van der Waals surface area contributed by atoms with E-state index in [0.717, 1.165) is 0 Å². The van der Waals surface area contributed by atoms with Crippen LogP contribution in [0.3, 0.4) is 0 Å². The first-order chi connectivity index (χ1) is 13.2. The zero-order chi connectivity index (χ0) is 20.5. The lowest BCUT2D eigenvalue weighted by atomic mass is 10.0. The molecule has 0 bridgehead atoms. The van der Waals surface area contributed by atoms with Crippen LogP contribution >= 0.6 is 23.2 Å². The minimum atomic E-state index is -0.925. The highest BCUT2D eigenvalue weighted by atomic mass is 35.5. The molecule has 1 aliphatic rings. The predicted octanol–water partition coefficient (Wildman–Crippen LogP) is 4.02. The highest BCUT2D eigenvalue weighted by Gasteiger charge is 2.44. The van der Waals surface area contributed by atoms with E-state index in [9.17, 15) is 14.4 Å². The average molecular weight is 421 g/mol. The van der Waals surface area contributed by atoms with Crippen molar-refractivity contribution in [3.63, 3.8) is 0 Å². The first-order valence-corrected chi connectivity index (χ1v) is 9.27. The molecule has 0 unspecified atom stereocenters. The molecule has 2 aromatic carbocycles. The molecule has 0 saturated carbocycles. The lowest BCUT2D eigenvalue weighted by Crippen LogP contribution is -2.50. The Balaban J connectivity index is 1.59. The molecule has 8 heteroatoms. The van der Waals surface area contributed by atoms with Crippen LogP contribution < -0.4 is 5.32 Å². The Morgan fingerprint density at radius 1 is 1.07 bits per heavy atom. The second kappa shape index (κ2) is 7.91. The van der Waals surface area contributed by atoms with Gasteiger partial charge < -0.3 is 10.1 Å². The third-order valence-corrected chi connectivity index (χ3v) is 4.84. The molecule has 0 aromatic heterocycles. The van der Waals surface area contributed by atoms with Gasteiger partial charge in [-0.15, -0.1) is 0 Å². The molecule has 28 heavy (non-hydrogen) atoms. The molecule has 2 aromatic rings. The van der Waals surface area contributed by atoms with Gasteiger partial charge in [0.15, 0.2) is 0 Å². The minimum Gasteiger partial charge on any atom is -0.369 e.